The molecule has 0 atom stereocenters. The summed E-state index contributed by atoms with van der Waals surface area (Å²) in [5, 5.41) is 2.78. The van der Waals surface area contributed by atoms with Gasteiger partial charge >= 0.3 is 6.18 Å². The van der Waals surface area contributed by atoms with Crippen LogP contribution in [-0.4, -0.2) is 36.4 Å². The van der Waals surface area contributed by atoms with Crippen molar-refractivity contribution in [1.29, 1.82) is 0 Å². The fourth-order valence-electron chi connectivity index (χ4n) is 1.20. The Bertz CT molecular complexity index is 399. The molecule has 0 amide bonds. The van der Waals surface area contributed by atoms with Crippen LogP contribution in [-0.2, 0) is 11.3 Å². The molecule has 1 N–H and O–H groups in total. The number of anilines is 1. The van der Waals surface area contributed by atoms with Gasteiger partial charge in [0, 0.05) is 19.7 Å². The summed E-state index contributed by atoms with van der Waals surface area (Å²) in [7, 11) is 1.65. The Kier molecular flexibility index (Phi) is 5.81. The SMILES string of the molecule is CCOCc1nc(NC)cc(OCCC(F)(F)F)n1. The van der Waals surface area contributed by atoms with Gasteiger partial charge in [0.15, 0.2) is 5.82 Å². The van der Waals surface area contributed by atoms with Gasteiger partial charge in [-0.25, -0.2) is 4.98 Å². The van der Waals surface area contributed by atoms with Crippen molar-refractivity contribution in [3.8, 4) is 5.88 Å². The van der Waals surface area contributed by atoms with Gasteiger partial charge in [-0.2, -0.15) is 18.2 Å². The molecule has 1 aromatic rings. The van der Waals surface area contributed by atoms with Crippen LogP contribution in [0.15, 0.2) is 6.07 Å². The van der Waals surface area contributed by atoms with Gasteiger partial charge in [0.05, 0.1) is 13.0 Å². The van der Waals surface area contributed by atoms with E-state index in [1.165, 1.54) is 6.07 Å². The van der Waals surface area contributed by atoms with Crippen LogP contribution in [0.3, 0.4) is 0 Å². The summed E-state index contributed by atoms with van der Waals surface area (Å²) in [4.78, 5) is 8.07. The highest BCUT2D eigenvalue weighted by molar-refractivity contribution is 5.37. The highest BCUT2D eigenvalue weighted by Gasteiger charge is 2.27. The highest BCUT2D eigenvalue weighted by atomic mass is 19.4. The molecule has 1 rings (SSSR count). The molecule has 0 aliphatic carbocycles. The Morgan fingerprint density at radius 1 is 1.32 bits per heavy atom. The zero-order valence-corrected chi connectivity index (χ0v) is 10.8. The molecule has 5 nitrogen and oxygen atoms in total. The molecule has 108 valence electrons. The van der Waals surface area contributed by atoms with Gasteiger partial charge in [-0.1, -0.05) is 0 Å². The van der Waals surface area contributed by atoms with Gasteiger partial charge < -0.3 is 14.8 Å². The number of hydrogen-bond acceptors (Lipinski definition) is 5. The van der Waals surface area contributed by atoms with E-state index in [1.807, 2.05) is 6.92 Å². The van der Waals surface area contributed by atoms with Crippen molar-refractivity contribution in [2.45, 2.75) is 26.1 Å². The molecule has 19 heavy (non-hydrogen) atoms. The lowest BCUT2D eigenvalue weighted by molar-refractivity contribution is -0.139. The standard InChI is InChI=1S/C11H16F3N3O2/c1-3-18-7-9-16-8(15-2)6-10(17-9)19-5-4-11(12,13)14/h6H,3-5,7H2,1-2H3,(H,15,16,17). The van der Waals surface area contributed by atoms with E-state index in [2.05, 4.69) is 15.3 Å². The maximum absolute atomic E-state index is 12.0. The van der Waals surface area contributed by atoms with Gasteiger partial charge in [-0.15, -0.1) is 0 Å². The minimum Gasteiger partial charge on any atom is -0.477 e. The number of nitrogens with one attached hydrogen (secondary N) is 1. The van der Waals surface area contributed by atoms with Gasteiger partial charge in [0.1, 0.15) is 12.4 Å². The summed E-state index contributed by atoms with van der Waals surface area (Å²) in [5.41, 5.74) is 0. The molecule has 1 aromatic heterocycles. The quantitative estimate of drug-likeness (QED) is 0.830. The van der Waals surface area contributed by atoms with Crippen LogP contribution in [0.25, 0.3) is 0 Å². The first-order valence-electron chi connectivity index (χ1n) is 5.77. The Morgan fingerprint density at radius 2 is 2.05 bits per heavy atom. The number of aromatic nitrogens is 2. The van der Waals surface area contributed by atoms with Crippen molar-refractivity contribution in [2.75, 3.05) is 25.6 Å². The average molecular weight is 279 g/mol. The summed E-state index contributed by atoms with van der Waals surface area (Å²) < 4.78 is 46.1. The second-order valence-corrected chi connectivity index (χ2v) is 3.61. The molecule has 0 bridgehead atoms. The van der Waals surface area contributed by atoms with Crippen LogP contribution in [0.5, 0.6) is 5.88 Å². The number of nitrogens with zero attached hydrogens (tertiary/aromatic N) is 2. The minimum absolute atomic E-state index is 0.0957. The number of rotatable bonds is 7. The van der Waals surface area contributed by atoms with Crippen LogP contribution in [0.4, 0.5) is 19.0 Å². The zero-order chi connectivity index (χ0) is 14.3. The van der Waals surface area contributed by atoms with Gasteiger partial charge in [0.25, 0.3) is 0 Å². The Balaban J connectivity index is 2.65. The van der Waals surface area contributed by atoms with E-state index in [0.717, 1.165) is 0 Å². The molecular weight excluding hydrogens is 263 g/mol. The lowest BCUT2D eigenvalue weighted by Crippen LogP contribution is -2.14. The van der Waals surface area contributed by atoms with Crippen LogP contribution in [0, 0.1) is 0 Å². The normalized spacial score (nSPS) is 11.4. The third kappa shape index (κ3) is 6.23. The molecule has 0 radical (unpaired) electrons. The molecule has 0 aromatic carbocycles. The lowest BCUT2D eigenvalue weighted by atomic mass is 10.4. The average Bonchev–Trinajstić information content (AvgIpc) is 2.34. The van der Waals surface area contributed by atoms with E-state index < -0.39 is 19.2 Å². The van der Waals surface area contributed by atoms with E-state index in [0.29, 0.717) is 18.2 Å². The minimum atomic E-state index is -4.24. The van der Waals surface area contributed by atoms with Crippen molar-refractivity contribution in [3.63, 3.8) is 0 Å². The third-order valence-electron chi connectivity index (χ3n) is 2.08. The van der Waals surface area contributed by atoms with Crippen molar-refractivity contribution in [3.05, 3.63) is 11.9 Å². The summed E-state index contributed by atoms with van der Waals surface area (Å²) in [6, 6.07) is 1.44. The fourth-order valence-corrected chi connectivity index (χ4v) is 1.20. The smallest absolute Gasteiger partial charge is 0.392 e. The van der Waals surface area contributed by atoms with Crippen molar-refractivity contribution in [1.82, 2.24) is 9.97 Å². The predicted octanol–water partition coefficient (Wildman–Crippen LogP) is 2.39. The van der Waals surface area contributed by atoms with Crippen LogP contribution < -0.4 is 10.1 Å². The Morgan fingerprint density at radius 3 is 2.63 bits per heavy atom. The molecule has 0 aliphatic rings. The first-order chi connectivity index (χ1) is 8.94. The highest BCUT2D eigenvalue weighted by Crippen LogP contribution is 2.20. The van der Waals surface area contributed by atoms with Crippen LogP contribution >= 0.6 is 0 Å². The van der Waals surface area contributed by atoms with E-state index in [-0.39, 0.29) is 12.5 Å². The van der Waals surface area contributed by atoms with Gasteiger partial charge in [0.2, 0.25) is 5.88 Å². The largest absolute Gasteiger partial charge is 0.477 e. The summed E-state index contributed by atoms with van der Waals surface area (Å²) >= 11 is 0. The van der Waals surface area contributed by atoms with E-state index >= 15 is 0 Å². The van der Waals surface area contributed by atoms with Crippen LogP contribution in [0.1, 0.15) is 19.2 Å². The molecule has 0 fully saturated rings. The maximum Gasteiger partial charge on any atom is 0.392 e. The second-order valence-electron chi connectivity index (χ2n) is 3.61. The van der Waals surface area contributed by atoms with Gasteiger partial charge in [-0.05, 0) is 6.92 Å². The number of halogens is 3. The molecule has 8 heteroatoms. The molecule has 1 heterocycles. The van der Waals surface area contributed by atoms with Crippen LogP contribution in [0.2, 0.25) is 0 Å². The van der Waals surface area contributed by atoms with E-state index in [4.69, 9.17) is 9.47 Å². The molecule has 0 aliphatic heterocycles. The monoisotopic (exact) mass is 279 g/mol. The van der Waals surface area contributed by atoms with Crippen molar-refractivity contribution < 1.29 is 22.6 Å². The Hall–Kier alpha value is -1.57. The molecule has 0 spiro atoms. The van der Waals surface area contributed by atoms with E-state index in [9.17, 15) is 13.2 Å². The van der Waals surface area contributed by atoms with Gasteiger partial charge in [-0.3, -0.25) is 0 Å². The van der Waals surface area contributed by atoms with E-state index in [1.54, 1.807) is 7.05 Å². The summed E-state index contributed by atoms with van der Waals surface area (Å²) in [6.07, 6.45) is -5.26. The maximum atomic E-state index is 12.0. The molecule has 0 unspecified atom stereocenters. The number of ether oxygens (including phenoxy) is 2. The lowest BCUT2D eigenvalue weighted by Gasteiger charge is -2.10. The Labute approximate surface area is 109 Å². The molecule has 0 saturated heterocycles. The first-order valence-corrected chi connectivity index (χ1v) is 5.77. The topological polar surface area (TPSA) is 56.3 Å². The molecule has 0 saturated carbocycles. The third-order valence-corrected chi connectivity index (χ3v) is 2.08. The fraction of sp³-hybridized carbons (Fsp3) is 0.636. The summed E-state index contributed by atoms with van der Waals surface area (Å²) in [5.74, 6) is 0.917. The number of alkyl halides is 3. The predicted molar refractivity (Wildman–Crippen MR) is 63.1 cm³/mol. The molecular formula is C11H16F3N3O2. The second kappa shape index (κ2) is 7.13. The number of hydrogen-bond donors (Lipinski definition) is 1. The first kappa shape index (κ1) is 15.5. The zero-order valence-electron chi connectivity index (χ0n) is 10.8. The van der Waals surface area contributed by atoms with Crippen molar-refractivity contribution in [2.24, 2.45) is 0 Å². The summed E-state index contributed by atoms with van der Waals surface area (Å²) in [6.45, 7) is 2.03. The van der Waals surface area contributed by atoms with Crippen molar-refractivity contribution >= 4 is 5.82 Å².